The van der Waals surface area contributed by atoms with Gasteiger partial charge in [0.2, 0.25) is 5.91 Å². The van der Waals surface area contributed by atoms with Crippen molar-refractivity contribution >= 4 is 11.9 Å². The number of aliphatic carboxylic acids is 1. The summed E-state index contributed by atoms with van der Waals surface area (Å²) in [5, 5.41) is 43.0. The monoisotopic (exact) mass is 493 g/mol. The first-order valence-corrected chi connectivity index (χ1v) is 13.9. The zero-order valence-electron chi connectivity index (χ0n) is 21.9. The van der Waals surface area contributed by atoms with Crippen LogP contribution in [0, 0.1) is 46.3 Å². The third-order valence-corrected chi connectivity index (χ3v) is 11.3. The lowest BCUT2D eigenvalue weighted by Crippen LogP contribution is -2.58. The lowest BCUT2D eigenvalue weighted by Gasteiger charge is -2.62. The molecule has 0 spiro atoms. The molecule has 35 heavy (non-hydrogen) atoms. The SMILES string of the molecule is CC(O)C(NC(=O)CC[C@@H](C)[C@H]1CC[C@H]2[C@@H]3[C@H](O)C[C@@H]4C[C@H](O)CC[C@]4(C)[C@H]3CC[C@]12C)C(=O)O. The molecule has 0 aromatic rings. The van der Waals surface area contributed by atoms with Crippen LogP contribution in [0.25, 0.3) is 0 Å². The van der Waals surface area contributed by atoms with E-state index in [-0.39, 0.29) is 35.4 Å². The van der Waals surface area contributed by atoms with Gasteiger partial charge in [0.05, 0.1) is 18.3 Å². The largest absolute Gasteiger partial charge is 0.480 e. The molecule has 0 saturated heterocycles. The zero-order chi connectivity index (χ0) is 25.7. The Labute approximate surface area is 210 Å². The van der Waals surface area contributed by atoms with E-state index in [2.05, 4.69) is 26.1 Å². The molecule has 0 aromatic heterocycles. The van der Waals surface area contributed by atoms with Crippen LogP contribution >= 0.6 is 0 Å². The number of fused-ring (bicyclic) bond motifs is 5. The second-order valence-corrected chi connectivity index (χ2v) is 13.1. The Morgan fingerprint density at radius 1 is 0.971 bits per heavy atom. The molecular formula is C28H47NO6. The first-order chi connectivity index (χ1) is 16.4. The fraction of sp³-hybridized carbons (Fsp3) is 0.929. The van der Waals surface area contributed by atoms with Crippen LogP contribution in [-0.4, -0.2) is 56.7 Å². The molecule has 0 radical (unpaired) electrons. The van der Waals surface area contributed by atoms with Crippen LogP contribution in [0.4, 0.5) is 0 Å². The molecule has 4 aliphatic carbocycles. The summed E-state index contributed by atoms with van der Waals surface area (Å²) in [5.41, 5.74) is 0.370. The summed E-state index contributed by atoms with van der Waals surface area (Å²) in [7, 11) is 0. The maximum absolute atomic E-state index is 12.4. The molecule has 4 saturated carbocycles. The van der Waals surface area contributed by atoms with Gasteiger partial charge >= 0.3 is 5.97 Å². The minimum Gasteiger partial charge on any atom is -0.480 e. The first-order valence-electron chi connectivity index (χ1n) is 13.9. The van der Waals surface area contributed by atoms with Crippen LogP contribution in [0.2, 0.25) is 0 Å². The predicted molar refractivity (Wildman–Crippen MR) is 132 cm³/mol. The van der Waals surface area contributed by atoms with Gasteiger partial charge in [0.25, 0.3) is 0 Å². The van der Waals surface area contributed by atoms with Crippen LogP contribution in [-0.2, 0) is 9.59 Å². The average molecular weight is 494 g/mol. The summed E-state index contributed by atoms with van der Waals surface area (Å²) in [5.74, 6) is 1.03. The highest BCUT2D eigenvalue weighted by Crippen LogP contribution is 2.68. The Morgan fingerprint density at radius 3 is 2.29 bits per heavy atom. The maximum Gasteiger partial charge on any atom is 0.328 e. The average Bonchev–Trinajstić information content (AvgIpc) is 3.13. The lowest BCUT2D eigenvalue weighted by atomic mass is 9.43. The number of aliphatic hydroxyl groups is 3. The van der Waals surface area contributed by atoms with Crippen molar-refractivity contribution in [2.24, 2.45) is 46.3 Å². The molecule has 4 rings (SSSR count). The van der Waals surface area contributed by atoms with Crippen LogP contribution < -0.4 is 5.32 Å². The Balaban J connectivity index is 1.41. The van der Waals surface area contributed by atoms with Crippen molar-refractivity contribution in [1.82, 2.24) is 5.32 Å². The van der Waals surface area contributed by atoms with Gasteiger partial charge in [-0.3, -0.25) is 4.79 Å². The van der Waals surface area contributed by atoms with E-state index in [1.165, 1.54) is 6.92 Å². The number of carboxylic acids is 1. The third-order valence-electron chi connectivity index (χ3n) is 11.3. The fourth-order valence-electron chi connectivity index (χ4n) is 9.37. The second-order valence-electron chi connectivity index (χ2n) is 13.1. The number of carboxylic acid groups (broad SMARTS) is 1. The first kappa shape index (κ1) is 26.9. The van der Waals surface area contributed by atoms with Crippen molar-refractivity contribution in [2.45, 2.75) is 116 Å². The fourth-order valence-corrected chi connectivity index (χ4v) is 9.37. The van der Waals surface area contributed by atoms with Gasteiger partial charge in [0, 0.05) is 6.42 Å². The van der Waals surface area contributed by atoms with Crippen molar-refractivity contribution in [1.29, 1.82) is 0 Å². The Hall–Kier alpha value is -1.18. The third kappa shape index (κ3) is 4.77. The summed E-state index contributed by atoms with van der Waals surface area (Å²) in [4.78, 5) is 23.7. The highest BCUT2D eigenvalue weighted by molar-refractivity contribution is 5.83. The zero-order valence-corrected chi connectivity index (χ0v) is 21.9. The van der Waals surface area contributed by atoms with Gasteiger partial charge in [0.1, 0.15) is 0 Å². The number of amides is 1. The van der Waals surface area contributed by atoms with Gasteiger partial charge in [-0.25, -0.2) is 4.79 Å². The predicted octanol–water partition coefficient (Wildman–Crippen LogP) is 3.34. The number of hydrogen-bond donors (Lipinski definition) is 5. The van der Waals surface area contributed by atoms with Crippen LogP contribution in [0.15, 0.2) is 0 Å². The molecule has 7 heteroatoms. The van der Waals surface area contributed by atoms with Gasteiger partial charge in [-0.1, -0.05) is 20.8 Å². The highest BCUT2D eigenvalue weighted by atomic mass is 16.4. The smallest absolute Gasteiger partial charge is 0.328 e. The minimum absolute atomic E-state index is 0.151. The van der Waals surface area contributed by atoms with Gasteiger partial charge in [-0.2, -0.15) is 0 Å². The van der Waals surface area contributed by atoms with E-state index in [9.17, 15) is 30.0 Å². The summed E-state index contributed by atoms with van der Waals surface area (Å²) in [6.45, 7) is 8.44. The second kappa shape index (κ2) is 9.94. The quantitative estimate of drug-likeness (QED) is 0.370. The highest BCUT2D eigenvalue weighted by Gasteiger charge is 2.62. The van der Waals surface area contributed by atoms with E-state index in [4.69, 9.17) is 0 Å². The molecule has 0 aromatic carbocycles. The van der Waals surface area contributed by atoms with Gasteiger partial charge in [0.15, 0.2) is 6.04 Å². The lowest BCUT2D eigenvalue weighted by molar-refractivity contribution is -0.174. The molecule has 0 aliphatic heterocycles. The molecular weight excluding hydrogens is 446 g/mol. The maximum atomic E-state index is 12.4. The summed E-state index contributed by atoms with van der Waals surface area (Å²) < 4.78 is 0. The Morgan fingerprint density at radius 2 is 1.63 bits per heavy atom. The van der Waals surface area contributed by atoms with E-state index in [1.807, 2.05) is 0 Å². The summed E-state index contributed by atoms with van der Waals surface area (Å²) in [6.07, 6.45) is 7.42. The minimum atomic E-state index is -1.28. The van der Waals surface area contributed by atoms with Crippen molar-refractivity contribution in [3.63, 3.8) is 0 Å². The van der Waals surface area contributed by atoms with Crippen molar-refractivity contribution in [3.05, 3.63) is 0 Å². The summed E-state index contributed by atoms with van der Waals surface area (Å²) >= 11 is 0. The molecule has 200 valence electrons. The molecule has 2 unspecified atom stereocenters. The van der Waals surface area contributed by atoms with Crippen molar-refractivity contribution in [3.8, 4) is 0 Å². The number of carbonyl (C=O) groups is 2. The normalized spacial score (nSPS) is 45.4. The Bertz CT molecular complexity index is 802. The van der Waals surface area contributed by atoms with E-state index in [0.29, 0.717) is 41.9 Å². The number of hydrogen-bond acceptors (Lipinski definition) is 5. The molecule has 0 bridgehead atoms. The molecule has 4 aliphatic rings. The standard InChI is InChI=1S/C28H47NO6/c1-15(5-8-23(33)29-25(16(2)30)26(34)35)19-6-7-20-24-21(10-12-28(19,20)4)27(3)11-9-18(31)13-17(27)14-22(24)32/h15-22,24-25,30-32H,5-14H2,1-4H3,(H,29,33)(H,34,35)/t15-,16?,17+,18-,19-,20+,21+,22-,24+,25?,27+,28-/m1/s1. The van der Waals surface area contributed by atoms with Crippen molar-refractivity contribution < 1.29 is 30.0 Å². The number of rotatable bonds is 7. The number of aliphatic hydroxyl groups excluding tert-OH is 3. The van der Waals surface area contributed by atoms with E-state index in [1.54, 1.807) is 0 Å². The molecule has 0 heterocycles. The van der Waals surface area contributed by atoms with Crippen LogP contribution in [0.3, 0.4) is 0 Å². The van der Waals surface area contributed by atoms with Gasteiger partial charge in [-0.15, -0.1) is 0 Å². The van der Waals surface area contributed by atoms with Crippen LogP contribution in [0.5, 0.6) is 0 Å². The van der Waals surface area contributed by atoms with Crippen molar-refractivity contribution in [2.75, 3.05) is 0 Å². The topological polar surface area (TPSA) is 127 Å². The summed E-state index contributed by atoms with van der Waals surface area (Å²) in [6, 6.07) is -1.28. The van der Waals surface area contributed by atoms with Crippen LogP contribution in [0.1, 0.15) is 91.9 Å². The number of nitrogens with one attached hydrogen (secondary N) is 1. The van der Waals surface area contributed by atoms with E-state index >= 15 is 0 Å². The van der Waals surface area contributed by atoms with E-state index < -0.39 is 18.1 Å². The van der Waals surface area contributed by atoms with E-state index in [0.717, 1.165) is 51.4 Å². The molecule has 4 fully saturated rings. The van der Waals surface area contributed by atoms with Gasteiger partial charge < -0.3 is 25.7 Å². The molecule has 5 N–H and O–H groups in total. The molecule has 7 nitrogen and oxygen atoms in total. The molecule has 1 amide bonds. The Kier molecular flexibility index (Phi) is 7.63. The molecule has 12 atom stereocenters. The van der Waals surface area contributed by atoms with Gasteiger partial charge in [-0.05, 0) is 111 Å². The number of carbonyl (C=O) groups excluding carboxylic acids is 1.